The van der Waals surface area contributed by atoms with Gasteiger partial charge in [0, 0.05) is 25.6 Å². The lowest BCUT2D eigenvalue weighted by molar-refractivity contribution is -0.123. The van der Waals surface area contributed by atoms with Gasteiger partial charge in [0.1, 0.15) is 18.1 Å². The third-order valence-electron chi connectivity index (χ3n) is 7.41. The number of carboxylic acids is 1. The van der Waals surface area contributed by atoms with Crippen LogP contribution in [0.4, 0.5) is 4.39 Å². The maximum Gasteiger partial charge on any atom is 0.335 e. The number of carboxylic acid groups (broad SMARTS) is 1. The number of nitrogens with zero attached hydrogens (tertiary/aromatic N) is 7. The summed E-state index contributed by atoms with van der Waals surface area (Å²) in [6.45, 7) is 0.188. The molecule has 1 unspecified atom stereocenters. The summed E-state index contributed by atoms with van der Waals surface area (Å²) in [7, 11) is 1.77. The third-order valence-corrected chi connectivity index (χ3v) is 7.70. The number of benzene rings is 3. The molecule has 0 saturated heterocycles. The second-order valence-electron chi connectivity index (χ2n) is 10.00. The summed E-state index contributed by atoms with van der Waals surface area (Å²) < 4.78 is 17.4. The lowest BCUT2D eigenvalue weighted by Gasteiger charge is -2.37. The molecule has 216 valence electrons. The van der Waals surface area contributed by atoms with E-state index in [0.717, 1.165) is 15.8 Å². The SMILES string of the molecule is Cn1ncnc1-c1cccc2c1CCN(C(=O)c1cn(-c3cccc(Cl)c3F)nn1)C2C(=O)Cc1ccc(C(=O)O)cc1. The molecule has 2 aromatic heterocycles. The summed E-state index contributed by atoms with van der Waals surface area (Å²) in [4.78, 5) is 45.0. The highest BCUT2D eigenvalue weighted by atomic mass is 35.5. The maximum atomic E-state index is 14.6. The van der Waals surface area contributed by atoms with Crippen LogP contribution >= 0.6 is 11.6 Å². The Kier molecular flexibility index (Phi) is 7.28. The second-order valence-corrected chi connectivity index (χ2v) is 10.4. The van der Waals surface area contributed by atoms with E-state index in [-0.39, 0.29) is 40.7 Å². The Balaban J connectivity index is 1.38. The summed E-state index contributed by atoms with van der Waals surface area (Å²) in [6, 6.07) is 15.0. The van der Waals surface area contributed by atoms with E-state index in [4.69, 9.17) is 11.6 Å². The molecule has 43 heavy (non-hydrogen) atoms. The van der Waals surface area contributed by atoms with Crippen LogP contribution in [0.3, 0.4) is 0 Å². The molecule has 0 fully saturated rings. The number of hydrogen-bond donors (Lipinski definition) is 1. The Morgan fingerprint density at radius 2 is 1.84 bits per heavy atom. The van der Waals surface area contributed by atoms with Gasteiger partial charge >= 0.3 is 5.97 Å². The largest absolute Gasteiger partial charge is 0.478 e. The van der Waals surface area contributed by atoms with Gasteiger partial charge in [0.25, 0.3) is 5.91 Å². The van der Waals surface area contributed by atoms with Gasteiger partial charge in [0.2, 0.25) is 0 Å². The quantitative estimate of drug-likeness (QED) is 0.295. The average Bonchev–Trinajstić information content (AvgIpc) is 3.67. The molecule has 6 rings (SSSR count). The monoisotopic (exact) mass is 599 g/mol. The lowest BCUT2D eigenvalue weighted by Crippen LogP contribution is -2.44. The van der Waals surface area contributed by atoms with Gasteiger partial charge in [-0.05, 0) is 47.4 Å². The highest BCUT2D eigenvalue weighted by Crippen LogP contribution is 2.37. The predicted octanol–water partition coefficient (Wildman–Crippen LogP) is 4.10. The van der Waals surface area contributed by atoms with Gasteiger partial charge in [-0.1, -0.05) is 53.2 Å². The highest BCUT2D eigenvalue weighted by molar-refractivity contribution is 6.30. The van der Waals surface area contributed by atoms with Crippen molar-refractivity contribution in [1.82, 2.24) is 34.7 Å². The number of halogens is 2. The van der Waals surface area contributed by atoms with Crippen molar-refractivity contribution in [1.29, 1.82) is 0 Å². The van der Waals surface area contributed by atoms with Gasteiger partial charge in [-0.3, -0.25) is 9.59 Å². The van der Waals surface area contributed by atoms with Crippen molar-refractivity contribution >= 4 is 29.3 Å². The average molecular weight is 600 g/mol. The Morgan fingerprint density at radius 3 is 2.56 bits per heavy atom. The number of Topliss-reactive ketones (excluding diaryl/α,β-unsaturated/α-hetero) is 1. The zero-order chi connectivity index (χ0) is 30.2. The molecular formula is C30H23ClFN7O4. The van der Waals surface area contributed by atoms with Crippen molar-refractivity contribution in [3.63, 3.8) is 0 Å². The van der Waals surface area contributed by atoms with Gasteiger partial charge in [-0.25, -0.2) is 23.5 Å². The van der Waals surface area contributed by atoms with Crippen LogP contribution in [0.1, 0.15) is 43.6 Å². The molecule has 1 N–H and O–H groups in total. The van der Waals surface area contributed by atoms with Crippen molar-refractivity contribution < 1.29 is 23.9 Å². The lowest BCUT2D eigenvalue weighted by atomic mass is 9.85. The smallest absolute Gasteiger partial charge is 0.335 e. The third kappa shape index (κ3) is 5.17. The number of amides is 1. The van der Waals surface area contributed by atoms with Crippen molar-refractivity contribution in [3.05, 3.63) is 112 Å². The number of aryl methyl sites for hydroxylation is 1. The Bertz CT molecular complexity index is 1890. The Hall–Kier alpha value is -5.23. The first-order valence-corrected chi connectivity index (χ1v) is 13.6. The second kappa shape index (κ2) is 11.2. The number of rotatable bonds is 7. The maximum absolute atomic E-state index is 14.6. The molecule has 0 aliphatic carbocycles. The van der Waals surface area contributed by atoms with Crippen molar-refractivity contribution in [2.45, 2.75) is 18.9 Å². The summed E-state index contributed by atoms with van der Waals surface area (Å²) in [5.41, 5.74) is 2.96. The van der Waals surface area contributed by atoms with E-state index in [9.17, 15) is 23.9 Å². The van der Waals surface area contributed by atoms with Gasteiger partial charge in [-0.15, -0.1) is 5.10 Å². The number of fused-ring (bicyclic) bond motifs is 1. The molecule has 1 aliphatic rings. The van der Waals surface area contributed by atoms with E-state index in [1.54, 1.807) is 36.0 Å². The summed E-state index contributed by atoms with van der Waals surface area (Å²) in [5, 5.41) is 21.2. The highest BCUT2D eigenvalue weighted by Gasteiger charge is 2.38. The normalized spacial score (nSPS) is 14.4. The molecule has 13 heteroatoms. The number of aromatic carboxylic acids is 1. The van der Waals surface area contributed by atoms with Crippen LogP contribution in [0, 0.1) is 5.82 Å². The van der Waals surface area contributed by atoms with Crippen molar-refractivity contribution in [3.8, 4) is 17.1 Å². The number of carbonyl (C=O) groups excluding carboxylic acids is 2. The van der Waals surface area contributed by atoms with Crippen LogP contribution in [0.5, 0.6) is 0 Å². The van der Waals surface area contributed by atoms with Crippen molar-refractivity contribution in [2.24, 2.45) is 7.05 Å². The minimum atomic E-state index is -1.07. The molecule has 11 nitrogen and oxygen atoms in total. The Labute approximate surface area is 249 Å². The fraction of sp³-hybridized carbons (Fsp3) is 0.167. The van der Waals surface area contributed by atoms with Crippen LogP contribution in [0.2, 0.25) is 5.02 Å². The first-order chi connectivity index (χ1) is 20.7. The van der Waals surface area contributed by atoms with E-state index in [1.165, 1.54) is 41.7 Å². The van der Waals surface area contributed by atoms with Gasteiger partial charge < -0.3 is 10.0 Å². The molecule has 0 spiro atoms. The van der Waals surface area contributed by atoms with E-state index < -0.39 is 23.7 Å². The molecule has 0 radical (unpaired) electrons. The first kappa shape index (κ1) is 27.9. The van der Waals surface area contributed by atoms with Crippen molar-refractivity contribution in [2.75, 3.05) is 6.54 Å². The molecular weight excluding hydrogens is 577 g/mol. The molecule has 1 atom stereocenters. The van der Waals surface area contributed by atoms with Crippen LogP contribution in [0.25, 0.3) is 17.1 Å². The van der Waals surface area contributed by atoms with Crippen LogP contribution in [-0.2, 0) is 24.7 Å². The zero-order valence-corrected chi connectivity index (χ0v) is 23.4. The molecule has 5 aromatic rings. The predicted molar refractivity (Wildman–Crippen MR) is 152 cm³/mol. The van der Waals surface area contributed by atoms with Gasteiger partial charge in [0.05, 0.1) is 16.8 Å². The number of carbonyl (C=O) groups is 3. The van der Waals surface area contributed by atoms with Crippen LogP contribution < -0.4 is 0 Å². The minimum Gasteiger partial charge on any atom is -0.478 e. The van der Waals surface area contributed by atoms with E-state index in [0.29, 0.717) is 23.4 Å². The van der Waals surface area contributed by atoms with Crippen LogP contribution in [0.15, 0.2) is 73.2 Å². The molecule has 1 amide bonds. The number of aromatic nitrogens is 6. The zero-order valence-electron chi connectivity index (χ0n) is 22.7. The minimum absolute atomic E-state index is 0.0220. The summed E-state index contributed by atoms with van der Waals surface area (Å²) in [6.07, 6.45) is 3.12. The molecule has 0 bridgehead atoms. The summed E-state index contributed by atoms with van der Waals surface area (Å²) in [5.74, 6) is -1.99. The molecule has 0 saturated carbocycles. The number of hydrogen-bond acceptors (Lipinski definition) is 7. The van der Waals surface area contributed by atoms with Gasteiger partial charge in [-0.2, -0.15) is 5.10 Å². The fourth-order valence-electron chi connectivity index (χ4n) is 5.34. The molecule has 3 aromatic carbocycles. The molecule has 3 heterocycles. The van der Waals surface area contributed by atoms with Crippen LogP contribution in [-0.4, -0.2) is 64.0 Å². The Morgan fingerprint density at radius 1 is 1.07 bits per heavy atom. The van der Waals surface area contributed by atoms with E-state index in [2.05, 4.69) is 20.4 Å². The first-order valence-electron chi connectivity index (χ1n) is 13.2. The summed E-state index contributed by atoms with van der Waals surface area (Å²) >= 11 is 5.92. The van der Waals surface area contributed by atoms with E-state index in [1.807, 2.05) is 12.1 Å². The fourth-order valence-corrected chi connectivity index (χ4v) is 5.51. The topological polar surface area (TPSA) is 136 Å². The number of ketones is 1. The molecule has 1 aliphatic heterocycles. The van der Waals surface area contributed by atoms with Gasteiger partial charge in [0.15, 0.2) is 23.1 Å². The standard InChI is InChI=1S/C30H23ClFN7O4/c1-37-28(33-16-34-37)21-5-2-4-20-19(21)12-13-38(27(20)25(40)14-17-8-10-18(11-9-17)30(42)43)29(41)23-15-39(36-35-23)24-7-3-6-22(31)26(24)32/h2-11,15-16,27H,12-14H2,1H3,(H,42,43). The van der Waals surface area contributed by atoms with E-state index >= 15 is 0 Å².